The second-order valence-electron chi connectivity index (χ2n) is 4.31. The molecule has 0 amide bonds. The van der Waals surface area contributed by atoms with Gasteiger partial charge in [0.1, 0.15) is 6.67 Å². The van der Waals surface area contributed by atoms with Crippen LogP contribution in [-0.4, -0.2) is 31.5 Å². The highest BCUT2D eigenvalue weighted by Gasteiger charge is 2.36. The summed E-state index contributed by atoms with van der Waals surface area (Å²) in [5, 5.41) is 3.47. The Morgan fingerprint density at radius 2 is 2.08 bits per heavy atom. The van der Waals surface area contributed by atoms with Crippen LogP contribution in [0.3, 0.4) is 0 Å². The van der Waals surface area contributed by atoms with Gasteiger partial charge < -0.3 is 10.1 Å². The standard InChI is InChI=1S/C10H18FNO/c11-6-9-7-12-10(8-13-9)4-2-1-3-5-10/h9,12H,1-8H2. The zero-order valence-electron chi connectivity index (χ0n) is 8.02. The van der Waals surface area contributed by atoms with Gasteiger partial charge in [-0.25, -0.2) is 4.39 Å². The lowest BCUT2D eigenvalue weighted by Gasteiger charge is -2.43. The molecule has 0 radical (unpaired) electrons. The van der Waals surface area contributed by atoms with Crippen molar-refractivity contribution < 1.29 is 9.13 Å². The summed E-state index contributed by atoms with van der Waals surface area (Å²) in [4.78, 5) is 0. The number of hydrogen-bond acceptors (Lipinski definition) is 2. The lowest BCUT2D eigenvalue weighted by molar-refractivity contribution is -0.0533. The quantitative estimate of drug-likeness (QED) is 0.674. The van der Waals surface area contributed by atoms with Crippen LogP contribution >= 0.6 is 0 Å². The maximum atomic E-state index is 12.3. The number of alkyl halides is 1. The van der Waals surface area contributed by atoms with Crippen LogP contribution in [0.2, 0.25) is 0 Å². The van der Waals surface area contributed by atoms with Crippen LogP contribution in [0.15, 0.2) is 0 Å². The van der Waals surface area contributed by atoms with Gasteiger partial charge in [0.2, 0.25) is 0 Å². The molecule has 0 bridgehead atoms. The molecule has 1 aliphatic heterocycles. The van der Waals surface area contributed by atoms with E-state index in [0.29, 0.717) is 13.2 Å². The summed E-state index contributed by atoms with van der Waals surface area (Å²) in [7, 11) is 0. The molecule has 2 nitrogen and oxygen atoms in total. The molecule has 13 heavy (non-hydrogen) atoms. The fourth-order valence-electron chi connectivity index (χ4n) is 2.37. The summed E-state index contributed by atoms with van der Waals surface area (Å²) >= 11 is 0. The Bertz CT molecular complexity index is 158. The summed E-state index contributed by atoms with van der Waals surface area (Å²) in [6, 6.07) is 0. The summed E-state index contributed by atoms with van der Waals surface area (Å²) in [6.45, 7) is 1.04. The smallest absolute Gasteiger partial charge is 0.117 e. The van der Waals surface area contributed by atoms with Gasteiger partial charge in [-0.3, -0.25) is 0 Å². The Morgan fingerprint density at radius 1 is 1.31 bits per heavy atom. The monoisotopic (exact) mass is 187 g/mol. The van der Waals surface area contributed by atoms with Crippen molar-refractivity contribution >= 4 is 0 Å². The fraction of sp³-hybridized carbons (Fsp3) is 1.00. The molecule has 1 saturated heterocycles. The van der Waals surface area contributed by atoms with E-state index in [-0.39, 0.29) is 18.3 Å². The van der Waals surface area contributed by atoms with Gasteiger partial charge in [0, 0.05) is 12.1 Å². The van der Waals surface area contributed by atoms with Crippen molar-refractivity contribution in [2.45, 2.75) is 43.7 Å². The predicted molar refractivity (Wildman–Crippen MR) is 49.5 cm³/mol. The summed E-state index contributed by atoms with van der Waals surface area (Å²) < 4.78 is 17.8. The van der Waals surface area contributed by atoms with Crippen LogP contribution in [0.1, 0.15) is 32.1 Å². The molecule has 1 aliphatic carbocycles. The van der Waals surface area contributed by atoms with Gasteiger partial charge in [-0.05, 0) is 12.8 Å². The minimum atomic E-state index is -0.358. The van der Waals surface area contributed by atoms with E-state index in [9.17, 15) is 4.39 Å². The van der Waals surface area contributed by atoms with E-state index in [1.165, 1.54) is 32.1 Å². The first-order chi connectivity index (χ1) is 6.35. The van der Waals surface area contributed by atoms with Crippen molar-refractivity contribution in [1.29, 1.82) is 0 Å². The fourth-order valence-corrected chi connectivity index (χ4v) is 2.37. The first-order valence-electron chi connectivity index (χ1n) is 5.27. The van der Waals surface area contributed by atoms with Crippen LogP contribution in [0.25, 0.3) is 0 Å². The van der Waals surface area contributed by atoms with E-state index in [1.54, 1.807) is 0 Å². The number of ether oxygens (including phenoxy) is 1. The van der Waals surface area contributed by atoms with Crippen molar-refractivity contribution in [2.75, 3.05) is 19.8 Å². The number of nitrogens with one attached hydrogen (secondary N) is 1. The largest absolute Gasteiger partial charge is 0.372 e. The third-order valence-corrected chi connectivity index (χ3v) is 3.28. The van der Waals surface area contributed by atoms with Gasteiger partial charge in [-0.2, -0.15) is 0 Å². The maximum absolute atomic E-state index is 12.3. The molecule has 0 aromatic rings. The van der Waals surface area contributed by atoms with E-state index >= 15 is 0 Å². The molecule has 1 heterocycles. The topological polar surface area (TPSA) is 21.3 Å². The summed E-state index contributed by atoms with van der Waals surface area (Å²) in [5.74, 6) is 0. The molecule has 3 heteroatoms. The van der Waals surface area contributed by atoms with Crippen molar-refractivity contribution in [2.24, 2.45) is 0 Å². The number of hydrogen-bond donors (Lipinski definition) is 1. The molecule has 2 rings (SSSR count). The third-order valence-electron chi connectivity index (χ3n) is 3.28. The average molecular weight is 187 g/mol. The predicted octanol–water partition coefficient (Wildman–Crippen LogP) is 1.65. The van der Waals surface area contributed by atoms with Gasteiger partial charge in [-0.1, -0.05) is 19.3 Å². The molecule has 1 N–H and O–H groups in total. The number of morpholine rings is 1. The van der Waals surface area contributed by atoms with Crippen molar-refractivity contribution in [3.63, 3.8) is 0 Å². The minimum Gasteiger partial charge on any atom is -0.372 e. The molecule has 1 saturated carbocycles. The van der Waals surface area contributed by atoms with Crippen LogP contribution in [0, 0.1) is 0 Å². The Labute approximate surface area is 78.8 Å². The molecule has 1 spiro atoms. The van der Waals surface area contributed by atoms with Crippen LogP contribution < -0.4 is 5.32 Å². The van der Waals surface area contributed by atoms with E-state index in [2.05, 4.69) is 5.32 Å². The van der Waals surface area contributed by atoms with E-state index in [4.69, 9.17) is 4.74 Å². The van der Waals surface area contributed by atoms with Crippen molar-refractivity contribution in [3.8, 4) is 0 Å². The second-order valence-corrected chi connectivity index (χ2v) is 4.31. The molecule has 1 unspecified atom stereocenters. The molecule has 0 aromatic heterocycles. The molecule has 2 fully saturated rings. The Balaban J connectivity index is 1.87. The third kappa shape index (κ3) is 2.02. The van der Waals surface area contributed by atoms with E-state index < -0.39 is 0 Å². The molecule has 76 valence electrons. The molecule has 1 atom stereocenters. The minimum absolute atomic E-state index is 0.198. The number of halogens is 1. The highest BCUT2D eigenvalue weighted by Crippen LogP contribution is 2.30. The highest BCUT2D eigenvalue weighted by molar-refractivity contribution is 4.94. The van der Waals surface area contributed by atoms with Gasteiger partial charge in [0.25, 0.3) is 0 Å². The van der Waals surface area contributed by atoms with Gasteiger partial charge in [-0.15, -0.1) is 0 Å². The first kappa shape index (κ1) is 9.41. The first-order valence-corrected chi connectivity index (χ1v) is 5.27. The molecular weight excluding hydrogens is 169 g/mol. The Morgan fingerprint density at radius 3 is 2.62 bits per heavy atom. The summed E-state index contributed by atoms with van der Waals surface area (Å²) in [6.07, 6.45) is 6.12. The zero-order valence-corrected chi connectivity index (χ0v) is 8.02. The average Bonchev–Trinajstić information content (AvgIpc) is 2.20. The lowest BCUT2D eigenvalue weighted by atomic mass is 9.81. The second kappa shape index (κ2) is 3.93. The van der Waals surface area contributed by atoms with Crippen LogP contribution in [0.4, 0.5) is 4.39 Å². The van der Waals surface area contributed by atoms with E-state index in [0.717, 1.165) is 0 Å². The highest BCUT2D eigenvalue weighted by atomic mass is 19.1. The summed E-state index contributed by atoms with van der Waals surface area (Å²) in [5.41, 5.74) is 0.198. The van der Waals surface area contributed by atoms with Gasteiger partial charge in [0.05, 0.1) is 12.7 Å². The van der Waals surface area contributed by atoms with Crippen LogP contribution in [-0.2, 0) is 4.74 Å². The van der Waals surface area contributed by atoms with Crippen molar-refractivity contribution in [3.05, 3.63) is 0 Å². The molecule has 0 aromatic carbocycles. The van der Waals surface area contributed by atoms with Crippen molar-refractivity contribution in [1.82, 2.24) is 5.32 Å². The SMILES string of the molecule is FCC1CNC2(CCCCC2)CO1. The normalized spacial score (nSPS) is 33.5. The Hall–Kier alpha value is -0.150. The molecular formula is C10H18FNO. The Kier molecular flexibility index (Phi) is 2.84. The van der Waals surface area contributed by atoms with Crippen LogP contribution in [0.5, 0.6) is 0 Å². The maximum Gasteiger partial charge on any atom is 0.117 e. The lowest BCUT2D eigenvalue weighted by Crippen LogP contribution is -2.58. The molecule has 2 aliphatic rings. The van der Waals surface area contributed by atoms with Gasteiger partial charge >= 0.3 is 0 Å². The van der Waals surface area contributed by atoms with Gasteiger partial charge in [0.15, 0.2) is 0 Å². The van der Waals surface area contributed by atoms with E-state index in [1.807, 2.05) is 0 Å². The number of rotatable bonds is 1. The zero-order chi connectivity index (χ0) is 9.15.